The first kappa shape index (κ1) is 9.48. The first-order chi connectivity index (χ1) is 5.59. The zero-order valence-corrected chi connectivity index (χ0v) is 8.43. The Balaban J connectivity index is 2.58. The minimum absolute atomic E-state index is 0.306. The predicted octanol–water partition coefficient (Wildman–Crippen LogP) is 1.27. The third-order valence-corrected chi connectivity index (χ3v) is 2.50. The topological polar surface area (TPSA) is 36.4 Å². The highest BCUT2D eigenvalue weighted by atomic mass is 32.1. The lowest BCUT2D eigenvalue weighted by atomic mass is 10.4. The van der Waals surface area contributed by atoms with Gasteiger partial charge in [-0.25, -0.2) is 4.98 Å². The quantitative estimate of drug-likeness (QED) is 0.772. The number of anilines is 1. The summed E-state index contributed by atoms with van der Waals surface area (Å²) in [5, 5.41) is 10.1. The third-order valence-electron chi connectivity index (χ3n) is 1.47. The summed E-state index contributed by atoms with van der Waals surface area (Å²) >= 11 is 1.64. The number of nitrogens with zero attached hydrogens (tertiary/aromatic N) is 2. The van der Waals surface area contributed by atoms with E-state index < -0.39 is 0 Å². The molecule has 0 spiro atoms. The van der Waals surface area contributed by atoms with Crippen LogP contribution in [0.5, 0.6) is 0 Å². The van der Waals surface area contributed by atoms with E-state index in [4.69, 9.17) is 5.11 Å². The molecule has 0 aromatic carbocycles. The van der Waals surface area contributed by atoms with Crippen LogP contribution in [0.15, 0.2) is 6.20 Å². The number of aliphatic hydroxyl groups excluding tert-OH is 1. The van der Waals surface area contributed by atoms with Crippen LogP contribution in [0.2, 0.25) is 0 Å². The summed E-state index contributed by atoms with van der Waals surface area (Å²) in [6, 6.07) is 0. The van der Waals surface area contributed by atoms with Crippen molar-refractivity contribution in [3.05, 3.63) is 11.1 Å². The van der Waals surface area contributed by atoms with E-state index in [0.29, 0.717) is 6.54 Å². The molecule has 0 saturated carbocycles. The summed E-state index contributed by atoms with van der Waals surface area (Å²) in [6.45, 7) is 4.43. The van der Waals surface area contributed by atoms with Crippen molar-refractivity contribution >= 4 is 16.5 Å². The molecule has 0 aliphatic rings. The Hall–Kier alpha value is -0.610. The monoisotopic (exact) mass is 186 g/mol. The van der Waals surface area contributed by atoms with Crippen LogP contribution in [0.3, 0.4) is 0 Å². The molecule has 1 aromatic rings. The van der Waals surface area contributed by atoms with Crippen molar-refractivity contribution < 1.29 is 5.11 Å². The first-order valence-electron chi connectivity index (χ1n) is 3.91. The van der Waals surface area contributed by atoms with Crippen LogP contribution >= 0.6 is 11.3 Å². The van der Waals surface area contributed by atoms with Crippen LogP contribution in [-0.2, 0) is 0 Å². The van der Waals surface area contributed by atoms with Crippen LogP contribution in [-0.4, -0.2) is 29.8 Å². The molecule has 0 saturated heterocycles. The number of likely N-dealkylation sites (N-methyl/N-ethyl adjacent to an activating group) is 1. The highest BCUT2D eigenvalue weighted by Crippen LogP contribution is 2.20. The van der Waals surface area contributed by atoms with Gasteiger partial charge in [-0.15, -0.1) is 11.3 Å². The Bertz CT molecular complexity index is 247. The molecular weight excluding hydrogens is 172 g/mol. The summed E-state index contributed by atoms with van der Waals surface area (Å²) in [5.41, 5.74) is 0. The molecular formula is C8H14N2OS. The number of aliphatic hydroxyl groups is 1. The molecule has 1 aromatic heterocycles. The van der Waals surface area contributed by atoms with E-state index >= 15 is 0 Å². The second kappa shape index (κ2) is 3.87. The number of aryl methyl sites for hydroxylation is 1. The minimum atomic E-state index is -0.306. The average Bonchev–Trinajstić information content (AvgIpc) is 2.34. The zero-order chi connectivity index (χ0) is 9.14. The average molecular weight is 186 g/mol. The van der Waals surface area contributed by atoms with E-state index in [9.17, 15) is 0 Å². The lowest BCUT2D eigenvalue weighted by Crippen LogP contribution is -2.26. The Kier molecular flexibility index (Phi) is 3.05. The summed E-state index contributed by atoms with van der Waals surface area (Å²) in [7, 11) is 1.94. The van der Waals surface area contributed by atoms with Gasteiger partial charge in [0, 0.05) is 24.7 Å². The number of hydrogen-bond acceptors (Lipinski definition) is 4. The van der Waals surface area contributed by atoms with Gasteiger partial charge >= 0.3 is 0 Å². The van der Waals surface area contributed by atoms with E-state index in [1.807, 2.05) is 25.1 Å². The van der Waals surface area contributed by atoms with E-state index in [1.54, 1.807) is 18.3 Å². The van der Waals surface area contributed by atoms with Gasteiger partial charge in [0.25, 0.3) is 0 Å². The SMILES string of the molecule is Cc1cnc(N(C)CC(C)O)s1. The molecule has 1 atom stereocenters. The number of hydrogen-bond donors (Lipinski definition) is 1. The molecule has 0 aliphatic carbocycles. The van der Waals surface area contributed by atoms with E-state index in [0.717, 1.165) is 5.13 Å². The fourth-order valence-corrected chi connectivity index (χ4v) is 1.72. The summed E-state index contributed by atoms with van der Waals surface area (Å²) in [4.78, 5) is 7.36. The molecule has 1 rings (SSSR count). The van der Waals surface area contributed by atoms with Crippen molar-refractivity contribution in [2.24, 2.45) is 0 Å². The Morgan fingerprint density at radius 3 is 2.83 bits per heavy atom. The molecule has 4 heteroatoms. The van der Waals surface area contributed by atoms with Crippen LogP contribution in [0.4, 0.5) is 5.13 Å². The largest absolute Gasteiger partial charge is 0.392 e. The van der Waals surface area contributed by atoms with Gasteiger partial charge in [0.2, 0.25) is 0 Å². The van der Waals surface area contributed by atoms with Crippen molar-refractivity contribution in [3.8, 4) is 0 Å². The van der Waals surface area contributed by atoms with E-state index in [1.165, 1.54) is 4.88 Å². The van der Waals surface area contributed by atoms with Crippen LogP contribution in [0.1, 0.15) is 11.8 Å². The molecule has 68 valence electrons. The highest BCUT2D eigenvalue weighted by Gasteiger charge is 2.06. The van der Waals surface area contributed by atoms with Gasteiger partial charge in [-0.05, 0) is 13.8 Å². The van der Waals surface area contributed by atoms with Crippen LogP contribution < -0.4 is 4.90 Å². The van der Waals surface area contributed by atoms with Crippen molar-refractivity contribution in [1.29, 1.82) is 0 Å². The molecule has 0 radical (unpaired) electrons. The second-order valence-electron chi connectivity index (χ2n) is 2.98. The summed E-state index contributed by atoms with van der Waals surface area (Å²) in [5.74, 6) is 0. The van der Waals surface area contributed by atoms with Crippen molar-refractivity contribution in [1.82, 2.24) is 4.98 Å². The minimum Gasteiger partial charge on any atom is -0.392 e. The van der Waals surface area contributed by atoms with E-state index in [-0.39, 0.29) is 6.10 Å². The van der Waals surface area contributed by atoms with Crippen molar-refractivity contribution in [2.45, 2.75) is 20.0 Å². The van der Waals surface area contributed by atoms with Gasteiger partial charge in [0.1, 0.15) is 0 Å². The molecule has 3 nitrogen and oxygen atoms in total. The standard InChI is InChI=1S/C8H14N2OS/c1-6(11)5-10(3)8-9-4-7(2)12-8/h4,6,11H,5H2,1-3H3. The lowest BCUT2D eigenvalue weighted by Gasteiger charge is -2.16. The normalized spacial score (nSPS) is 13.0. The fourth-order valence-electron chi connectivity index (χ4n) is 0.994. The predicted molar refractivity (Wildman–Crippen MR) is 51.8 cm³/mol. The third kappa shape index (κ3) is 2.46. The molecule has 0 aliphatic heterocycles. The molecule has 1 N–H and O–H groups in total. The summed E-state index contributed by atoms with van der Waals surface area (Å²) < 4.78 is 0. The Morgan fingerprint density at radius 2 is 2.42 bits per heavy atom. The van der Waals surface area contributed by atoms with E-state index in [2.05, 4.69) is 4.98 Å². The molecule has 1 unspecified atom stereocenters. The zero-order valence-electron chi connectivity index (χ0n) is 7.61. The molecule has 1 heterocycles. The maximum absolute atomic E-state index is 9.13. The molecule has 0 bridgehead atoms. The van der Waals surface area contributed by atoms with Gasteiger partial charge in [0.05, 0.1) is 6.10 Å². The van der Waals surface area contributed by atoms with Gasteiger partial charge < -0.3 is 10.0 Å². The van der Waals surface area contributed by atoms with Gasteiger partial charge in [-0.1, -0.05) is 0 Å². The first-order valence-corrected chi connectivity index (χ1v) is 4.73. The fraction of sp³-hybridized carbons (Fsp3) is 0.625. The maximum Gasteiger partial charge on any atom is 0.185 e. The van der Waals surface area contributed by atoms with Gasteiger partial charge in [-0.3, -0.25) is 0 Å². The molecule has 0 amide bonds. The van der Waals surface area contributed by atoms with Gasteiger partial charge in [-0.2, -0.15) is 0 Å². The molecule has 12 heavy (non-hydrogen) atoms. The maximum atomic E-state index is 9.13. The summed E-state index contributed by atoms with van der Waals surface area (Å²) in [6.07, 6.45) is 1.54. The Morgan fingerprint density at radius 1 is 1.75 bits per heavy atom. The second-order valence-corrected chi connectivity index (χ2v) is 4.20. The highest BCUT2D eigenvalue weighted by molar-refractivity contribution is 7.15. The van der Waals surface area contributed by atoms with Crippen LogP contribution in [0.25, 0.3) is 0 Å². The van der Waals surface area contributed by atoms with Crippen LogP contribution in [0, 0.1) is 6.92 Å². The van der Waals surface area contributed by atoms with Crippen molar-refractivity contribution in [3.63, 3.8) is 0 Å². The lowest BCUT2D eigenvalue weighted by molar-refractivity contribution is 0.201. The smallest absolute Gasteiger partial charge is 0.185 e. The van der Waals surface area contributed by atoms with Gasteiger partial charge in [0.15, 0.2) is 5.13 Å². The van der Waals surface area contributed by atoms with Crippen molar-refractivity contribution in [2.75, 3.05) is 18.5 Å². The Labute approximate surface area is 76.7 Å². The number of aromatic nitrogens is 1. The number of rotatable bonds is 3. The molecule has 0 fully saturated rings. The number of thiazole rings is 1.